The van der Waals surface area contributed by atoms with Gasteiger partial charge in [-0.25, -0.2) is 9.59 Å². The van der Waals surface area contributed by atoms with E-state index in [9.17, 15) is 29.4 Å². The number of nitrogens with zero attached hydrogens (tertiary/aromatic N) is 6. The normalized spacial score (nSPS) is 39.9. The van der Waals surface area contributed by atoms with Crippen molar-refractivity contribution in [3.63, 3.8) is 0 Å². The number of aromatic carboxylic acids is 1. The Balaban J connectivity index is 0.000000349. The molecule has 0 saturated heterocycles. The van der Waals surface area contributed by atoms with Crippen LogP contribution >= 0.6 is 0 Å². The molecule has 0 aliphatic heterocycles. The molecular formula is C56H95LiN6O11. The molecule has 0 unspecified atom stereocenters. The van der Waals surface area contributed by atoms with Crippen LogP contribution in [0.2, 0.25) is 0 Å². The van der Waals surface area contributed by atoms with Gasteiger partial charge in [-0.2, -0.15) is 19.8 Å². The van der Waals surface area contributed by atoms with Crippen LogP contribution in [0.1, 0.15) is 207 Å². The third-order valence-electron chi connectivity index (χ3n) is 21.1. The average Bonchev–Trinajstić information content (AvgIpc) is 4.10. The second-order valence-corrected chi connectivity index (χ2v) is 24.9. The van der Waals surface area contributed by atoms with Crippen LogP contribution in [0.3, 0.4) is 0 Å². The molecule has 8 aliphatic carbocycles. The number of aliphatic hydroxyl groups excluding tert-OH is 1. The van der Waals surface area contributed by atoms with Gasteiger partial charge in [0.2, 0.25) is 0 Å². The summed E-state index contributed by atoms with van der Waals surface area (Å²) in [6.07, 6.45) is 22.1. The molecule has 0 bridgehead atoms. The van der Waals surface area contributed by atoms with Gasteiger partial charge in [0.15, 0.2) is 23.0 Å². The molecule has 0 radical (unpaired) electrons. The number of ketones is 2. The fourth-order valence-electron chi connectivity index (χ4n) is 17.6. The van der Waals surface area contributed by atoms with E-state index in [1.54, 1.807) is 13.8 Å². The van der Waals surface area contributed by atoms with Crippen LogP contribution in [0.5, 0.6) is 0 Å². The second-order valence-electron chi connectivity index (χ2n) is 24.9. The molecule has 18 heteroatoms. The Labute approximate surface area is 453 Å². The molecule has 416 valence electrons. The number of carboxylic acids is 1. The summed E-state index contributed by atoms with van der Waals surface area (Å²) in [6.45, 7) is 17.9. The minimum absolute atomic E-state index is 0. The Bertz CT molecular complexity index is 2220. The smallest absolute Gasteiger partial charge is 0.870 e. The number of rotatable bonds is 9. The number of aliphatic hydroxyl groups is 3. The SMILES string of the molecule is C.C.CCO.CCOC(=O)c1cnn(CC(=O)[C@H]2CC[C@H]3[C@@H]4CC[C@@H]5C[C@](C)(O)CC[C@]5(C)[C@H]4CC[C@]23C)n1.C[C@@]1(O)CC[C@@]2(C)[C@H](CC[C@@H]3[C@@H]2CC[C@]2(C)[C@@H](C(=O)Cn4ncc(C(=O)O)n4)CC[C@@H]32)C1.O.[Li+].[OH-]. The number of hydrogen-bond acceptors (Lipinski definition) is 13. The standard InChI is InChI=1S/C27H41N3O4.C25H37N3O4.C2H6O.2CH4.Li.2H2O/c1-5-34-24(32)22-15-28-30(29-22)16-23(31)21-9-8-19-18-7-6-17-14-25(2,33)12-13-26(17,3)20(18)10-11-27(19,21)4;1-23(32)10-11-24(2)15(12-23)4-5-16-17-6-7-19(25(17,3)9-8-18(16)24)21(29)14-28-26-13-20(27-28)22(30)31;1-2-3;;;;;/h15,17-21,33H,5-14,16H2,1-4H3;13,15-19,32H,4-12,14H2,1-3H3,(H,30,31);3H,2H2,1H3;2*1H4;;2*1H2/q;;;;;+1;;/p-1/t17-,18+,19+,20+,21-,25-,26+,27+;15-,16+,17+,18+,19-,23-,24+,25+;;;;;;/m11....../s1. The molecule has 17 nitrogen and oxygen atoms in total. The van der Waals surface area contributed by atoms with E-state index in [2.05, 4.69) is 48.1 Å². The van der Waals surface area contributed by atoms with Crippen LogP contribution < -0.4 is 18.9 Å². The van der Waals surface area contributed by atoms with Gasteiger partial charge < -0.3 is 36.1 Å². The molecule has 8 saturated carbocycles. The Morgan fingerprint density at radius 2 is 0.973 bits per heavy atom. The summed E-state index contributed by atoms with van der Waals surface area (Å²) in [4.78, 5) is 52.3. The Morgan fingerprint density at radius 1 is 0.595 bits per heavy atom. The number of hydrogen-bond donors (Lipinski definition) is 4. The minimum atomic E-state index is -1.12. The molecule has 2 aromatic heterocycles. The summed E-state index contributed by atoms with van der Waals surface area (Å²) in [5.41, 5.74) is -0.265. The first-order chi connectivity index (χ1) is 32.5. The van der Waals surface area contributed by atoms with Crippen molar-refractivity contribution < 1.29 is 74.2 Å². The van der Waals surface area contributed by atoms with Gasteiger partial charge in [-0.3, -0.25) is 9.59 Å². The van der Waals surface area contributed by atoms with Gasteiger partial charge in [0.25, 0.3) is 0 Å². The zero-order chi connectivity index (χ0) is 49.9. The maximum absolute atomic E-state index is 13.5. The summed E-state index contributed by atoms with van der Waals surface area (Å²) in [5, 5.41) is 54.3. The minimum Gasteiger partial charge on any atom is -0.870 e. The number of Topliss-reactive ketones (excluding diaryl/α,β-unsaturated/α-hetero) is 2. The predicted octanol–water partition coefficient (Wildman–Crippen LogP) is 5.66. The third kappa shape index (κ3) is 12.1. The van der Waals surface area contributed by atoms with E-state index in [0.717, 1.165) is 77.0 Å². The van der Waals surface area contributed by atoms with E-state index in [1.165, 1.54) is 60.5 Å². The largest absolute Gasteiger partial charge is 1.00 e. The summed E-state index contributed by atoms with van der Waals surface area (Å²) in [6, 6.07) is 0. The quantitative estimate of drug-likeness (QED) is 0.174. The second kappa shape index (κ2) is 24.7. The maximum atomic E-state index is 13.5. The van der Waals surface area contributed by atoms with Crippen molar-refractivity contribution in [1.82, 2.24) is 30.0 Å². The van der Waals surface area contributed by atoms with Gasteiger partial charge in [0, 0.05) is 18.4 Å². The molecular weight excluding hydrogens is 940 g/mol. The number of fused-ring (bicyclic) bond motifs is 10. The molecule has 2 aromatic rings. The molecule has 74 heavy (non-hydrogen) atoms. The fraction of sp³-hybridized carbons (Fsp3) is 0.857. The number of carbonyl (C=O) groups is 4. The summed E-state index contributed by atoms with van der Waals surface area (Å²) < 4.78 is 4.99. The Kier molecular flexibility index (Phi) is 21.8. The van der Waals surface area contributed by atoms with Crippen molar-refractivity contribution in [1.29, 1.82) is 0 Å². The van der Waals surface area contributed by atoms with E-state index in [4.69, 9.17) is 14.9 Å². The topological polar surface area (TPSA) is 281 Å². The molecule has 0 aromatic carbocycles. The zero-order valence-electron chi connectivity index (χ0n) is 44.9. The number of carbonyl (C=O) groups excluding carboxylic acids is 3. The summed E-state index contributed by atoms with van der Waals surface area (Å²) in [7, 11) is 0. The van der Waals surface area contributed by atoms with Gasteiger partial charge in [0.1, 0.15) is 13.1 Å². The monoisotopic (exact) mass is 1030 g/mol. The van der Waals surface area contributed by atoms with Crippen molar-refractivity contribution in [2.24, 2.45) is 80.8 Å². The average molecular weight is 1040 g/mol. The van der Waals surface area contributed by atoms with Crippen LogP contribution in [-0.2, 0) is 27.4 Å². The predicted molar refractivity (Wildman–Crippen MR) is 276 cm³/mol. The summed E-state index contributed by atoms with van der Waals surface area (Å²) >= 11 is 0. The first-order valence-corrected chi connectivity index (χ1v) is 26.8. The van der Waals surface area contributed by atoms with E-state index in [1.807, 2.05) is 13.8 Å². The number of aromatic nitrogens is 6. The Morgan fingerprint density at radius 3 is 1.35 bits per heavy atom. The van der Waals surface area contributed by atoms with Gasteiger partial charge >= 0.3 is 30.8 Å². The molecule has 10 rings (SSSR count). The number of esters is 1. The molecule has 0 spiro atoms. The molecule has 8 fully saturated rings. The van der Waals surface area contributed by atoms with Crippen LogP contribution in [0.25, 0.3) is 0 Å². The third-order valence-corrected chi connectivity index (χ3v) is 21.1. The van der Waals surface area contributed by atoms with Gasteiger partial charge in [-0.05, 0) is 212 Å². The molecule has 0 amide bonds. The van der Waals surface area contributed by atoms with E-state index < -0.39 is 23.1 Å². The van der Waals surface area contributed by atoms with E-state index in [0.29, 0.717) is 58.2 Å². The number of ether oxygens (including phenoxy) is 1. The molecule has 8 aliphatic rings. The first-order valence-electron chi connectivity index (χ1n) is 26.8. The van der Waals surface area contributed by atoms with Crippen LogP contribution in [0.15, 0.2) is 12.4 Å². The molecule has 16 atom stereocenters. The van der Waals surface area contributed by atoms with Crippen molar-refractivity contribution >= 4 is 23.5 Å². The first kappa shape index (κ1) is 65.2. The van der Waals surface area contributed by atoms with Crippen LogP contribution in [0, 0.1) is 80.8 Å². The van der Waals surface area contributed by atoms with E-state index >= 15 is 0 Å². The van der Waals surface area contributed by atoms with Crippen molar-refractivity contribution in [3.8, 4) is 0 Å². The fourth-order valence-corrected chi connectivity index (χ4v) is 17.6. The van der Waals surface area contributed by atoms with Gasteiger partial charge in [-0.15, -0.1) is 10.2 Å². The molecule has 2 heterocycles. The van der Waals surface area contributed by atoms with E-state index in [-0.39, 0.29) is 117 Å². The van der Waals surface area contributed by atoms with Gasteiger partial charge in [0.05, 0.1) is 30.2 Å². The van der Waals surface area contributed by atoms with Crippen molar-refractivity contribution in [2.45, 2.75) is 210 Å². The van der Waals surface area contributed by atoms with Crippen molar-refractivity contribution in [2.75, 3.05) is 13.2 Å². The zero-order valence-corrected chi connectivity index (χ0v) is 44.9. The van der Waals surface area contributed by atoms with Gasteiger partial charge in [-0.1, -0.05) is 42.5 Å². The maximum Gasteiger partial charge on any atom is 1.00 e. The van der Waals surface area contributed by atoms with Crippen LogP contribution in [0.4, 0.5) is 0 Å². The molecule has 7 N–H and O–H groups in total. The number of carboxylic acid groups (broad SMARTS) is 1. The van der Waals surface area contributed by atoms with Crippen LogP contribution in [-0.4, -0.2) is 109 Å². The van der Waals surface area contributed by atoms with Crippen molar-refractivity contribution in [3.05, 3.63) is 23.8 Å². The summed E-state index contributed by atoms with van der Waals surface area (Å²) in [5.74, 6) is 3.97. The Hall–Kier alpha value is -3.04.